The van der Waals surface area contributed by atoms with Crippen LogP contribution in [0.25, 0.3) is 0 Å². The minimum absolute atomic E-state index is 0.402. The number of rotatable bonds is 4. The van der Waals surface area contributed by atoms with Crippen LogP contribution in [0.1, 0.15) is 18.9 Å². The summed E-state index contributed by atoms with van der Waals surface area (Å²) < 4.78 is 0. The smallest absolute Gasteiger partial charge is 0.149 e. The minimum Gasteiger partial charge on any atom is -0.396 e. The first-order valence-electron chi connectivity index (χ1n) is 4.75. The number of nitriles is 1. The Morgan fingerprint density at radius 1 is 1.73 bits per heavy atom. The lowest BCUT2D eigenvalue weighted by Crippen LogP contribution is -2.19. The quantitative estimate of drug-likeness (QED) is 0.674. The second kappa shape index (κ2) is 5.17. The second-order valence-corrected chi connectivity index (χ2v) is 3.22. The van der Waals surface area contributed by atoms with E-state index in [-0.39, 0.29) is 0 Å². The molecule has 5 nitrogen and oxygen atoms in total. The molecule has 0 fully saturated rings. The predicted molar refractivity (Wildman–Crippen MR) is 58.2 cm³/mol. The zero-order valence-corrected chi connectivity index (χ0v) is 8.57. The van der Waals surface area contributed by atoms with Crippen molar-refractivity contribution in [3.8, 4) is 6.07 Å². The van der Waals surface area contributed by atoms with Crippen LogP contribution >= 0.6 is 0 Å². The third-order valence-electron chi connectivity index (χ3n) is 2.02. The number of aliphatic hydroxyl groups is 1. The van der Waals surface area contributed by atoms with Gasteiger partial charge in [-0.2, -0.15) is 5.26 Å². The van der Waals surface area contributed by atoms with Gasteiger partial charge in [0.25, 0.3) is 0 Å². The van der Waals surface area contributed by atoms with E-state index in [0.29, 0.717) is 30.0 Å². The van der Waals surface area contributed by atoms with Gasteiger partial charge >= 0.3 is 0 Å². The third kappa shape index (κ3) is 3.11. The lowest BCUT2D eigenvalue weighted by Gasteiger charge is -2.11. The van der Waals surface area contributed by atoms with Crippen molar-refractivity contribution < 1.29 is 5.11 Å². The molecule has 0 amide bonds. The van der Waals surface area contributed by atoms with Crippen molar-refractivity contribution in [2.24, 2.45) is 0 Å². The highest BCUT2D eigenvalue weighted by Crippen LogP contribution is 2.15. The van der Waals surface area contributed by atoms with Crippen molar-refractivity contribution in [1.82, 2.24) is 4.98 Å². The molecule has 0 aliphatic heterocycles. The van der Waals surface area contributed by atoms with Crippen LogP contribution in [0.5, 0.6) is 0 Å². The van der Waals surface area contributed by atoms with Crippen molar-refractivity contribution >= 4 is 11.5 Å². The van der Waals surface area contributed by atoms with E-state index in [1.54, 1.807) is 6.07 Å². The maximum absolute atomic E-state index is 9.33. The SMILES string of the molecule is CCC(O)CNc1ncc(C#N)cc1N. The Bertz CT molecular complexity index is 372. The van der Waals surface area contributed by atoms with E-state index < -0.39 is 6.10 Å². The standard InChI is InChI=1S/C10H14N4O/c1-2-8(15)6-14-10-9(12)3-7(4-11)5-13-10/h3,5,8,15H,2,6,12H2,1H3,(H,13,14). The summed E-state index contributed by atoms with van der Waals surface area (Å²) in [6, 6.07) is 3.50. The summed E-state index contributed by atoms with van der Waals surface area (Å²) in [5.74, 6) is 0.501. The van der Waals surface area contributed by atoms with Gasteiger partial charge in [0.2, 0.25) is 0 Å². The van der Waals surface area contributed by atoms with Gasteiger partial charge in [-0.15, -0.1) is 0 Å². The first-order valence-corrected chi connectivity index (χ1v) is 4.75. The first kappa shape index (κ1) is 11.3. The topological polar surface area (TPSA) is 95.0 Å². The van der Waals surface area contributed by atoms with Gasteiger partial charge in [-0.25, -0.2) is 4.98 Å². The van der Waals surface area contributed by atoms with Gasteiger partial charge in [0.15, 0.2) is 0 Å². The van der Waals surface area contributed by atoms with Gasteiger partial charge in [-0.1, -0.05) is 6.92 Å². The average molecular weight is 206 g/mol. The fourth-order valence-corrected chi connectivity index (χ4v) is 1.05. The molecule has 0 saturated carbocycles. The van der Waals surface area contributed by atoms with Gasteiger partial charge < -0.3 is 16.2 Å². The van der Waals surface area contributed by atoms with Crippen molar-refractivity contribution in [2.75, 3.05) is 17.6 Å². The van der Waals surface area contributed by atoms with Crippen molar-refractivity contribution in [1.29, 1.82) is 5.26 Å². The number of anilines is 2. The molecule has 0 radical (unpaired) electrons. The number of nitrogen functional groups attached to an aromatic ring is 1. The molecule has 4 N–H and O–H groups in total. The maximum atomic E-state index is 9.33. The van der Waals surface area contributed by atoms with E-state index in [1.165, 1.54) is 6.20 Å². The summed E-state index contributed by atoms with van der Waals surface area (Å²) in [7, 11) is 0. The molecule has 0 spiro atoms. The second-order valence-electron chi connectivity index (χ2n) is 3.22. The summed E-state index contributed by atoms with van der Waals surface area (Å²) in [4.78, 5) is 3.99. The minimum atomic E-state index is -0.415. The molecule has 1 unspecified atom stereocenters. The number of hydrogen-bond acceptors (Lipinski definition) is 5. The van der Waals surface area contributed by atoms with Crippen molar-refractivity contribution in [3.63, 3.8) is 0 Å². The van der Waals surface area contributed by atoms with Crippen LogP contribution in [-0.4, -0.2) is 22.7 Å². The Labute approximate surface area is 88.6 Å². The summed E-state index contributed by atoms with van der Waals surface area (Å²) in [5, 5.41) is 20.9. The van der Waals surface area contributed by atoms with E-state index >= 15 is 0 Å². The molecule has 0 aromatic carbocycles. The first-order chi connectivity index (χ1) is 7.17. The predicted octanol–water partition coefficient (Wildman–Crippen LogP) is 0.718. The van der Waals surface area contributed by atoms with Crippen LogP contribution in [-0.2, 0) is 0 Å². The van der Waals surface area contributed by atoms with Gasteiger partial charge in [0, 0.05) is 12.7 Å². The summed E-state index contributed by atoms with van der Waals surface area (Å²) in [5.41, 5.74) is 6.51. The highest BCUT2D eigenvalue weighted by Gasteiger charge is 2.04. The lowest BCUT2D eigenvalue weighted by atomic mass is 10.2. The number of nitrogens with one attached hydrogen (secondary N) is 1. The normalized spacial score (nSPS) is 11.8. The van der Waals surface area contributed by atoms with Crippen LogP contribution < -0.4 is 11.1 Å². The molecule has 1 atom stereocenters. The summed E-state index contributed by atoms with van der Waals surface area (Å²) in [6.45, 7) is 2.29. The zero-order chi connectivity index (χ0) is 11.3. The largest absolute Gasteiger partial charge is 0.396 e. The van der Waals surface area contributed by atoms with E-state index in [1.807, 2.05) is 13.0 Å². The Kier molecular flexibility index (Phi) is 3.89. The lowest BCUT2D eigenvalue weighted by molar-refractivity contribution is 0.183. The fraction of sp³-hybridized carbons (Fsp3) is 0.400. The molecular formula is C10H14N4O. The Hall–Kier alpha value is -1.80. The van der Waals surface area contributed by atoms with Crippen molar-refractivity contribution in [2.45, 2.75) is 19.4 Å². The highest BCUT2D eigenvalue weighted by molar-refractivity contribution is 5.63. The van der Waals surface area contributed by atoms with Gasteiger partial charge in [-0.3, -0.25) is 0 Å². The Morgan fingerprint density at radius 2 is 2.47 bits per heavy atom. The number of hydrogen-bond donors (Lipinski definition) is 3. The molecule has 80 valence electrons. The zero-order valence-electron chi connectivity index (χ0n) is 8.57. The summed E-state index contributed by atoms with van der Waals surface area (Å²) in [6.07, 6.45) is 1.70. The van der Waals surface area contributed by atoms with E-state index in [0.717, 1.165) is 0 Å². The molecule has 5 heteroatoms. The Balaban J connectivity index is 2.67. The molecule has 0 aliphatic rings. The van der Waals surface area contributed by atoms with E-state index in [2.05, 4.69) is 10.3 Å². The molecule has 0 bridgehead atoms. The average Bonchev–Trinajstić information content (AvgIpc) is 2.26. The van der Waals surface area contributed by atoms with Crippen LogP contribution in [0.15, 0.2) is 12.3 Å². The number of aliphatic hydroxyl groups excluding tert-OH is 1. The molecule has 1 heterocycles. The molecule has 1 rings (SSSR count). The van der Waals surface area contributed by atoms with Crippen LogP contribution in [0.2, 0.25) is 0 Å². The Morgan fingerprint density at radius 3 is 3.00 bits per heavy atom. The number of nitrogens with two attached hydrogens (primary N) is 1. The molecule has 15 heavy (non-hydrogen) atoms. The number of nitrogens with zero attached hydrogens (tertiary/aromatic N) is 2. The van der Waals surface area contributed by atoms with Gasteiger partial charge in [0.05, 0.1) is 17.4 Å². The molecular weight excluding hydrogens is 192 g/mol. The molecule has 0 aliphatic carbocycles. The highest BCUT2D eigenvalue weighted by atomic mass is 16.3. The monoisotopic (exact) mass is 206 g/mol. The van der Waals surface area contributed by atoms with Crippen LogP contribution in [0.3, 0.4) is 0 Å². The van der Waals surface area contributed by atoms with Gasteiger partial charge in [0.1, 0.15) is 11.9 Å². The van der Waals surface area contributed by atoms with E-state index in [9.17, 15) is 5.11 Å². The molecule has 1 aromatic heterocycles. The van der Waals surface area contributed by atoms with Crippen LogP contribution in [0, 0.1) is 11.3 Å². The number of pyridine rings is 1. The van der Waals surface area contributed by atoms with Crippen molar-refractivity contribution in [3.05, 3.63) is 17.8 Å². The van der Waals surface area contributed by atoms with E-state index in [4.69, 9.17) is 11.0 Å². The number of aromatic nitrogens is 1. The maximum Gasteiger partial charge on any atom is 0.149 e. The summed E-state index contributed by atoms with van der Waals surface area (Å²) >= 11 is 0. The molecule has 0 saturated heterocycles. The third-order valence-corrected chi connectivity index (χ3v) is 2.02. The fourth-order valence-electron chi connectivity index (χ4n) is 1.05. The molecule has 1 aromatic rings. The van der Waals surface area contributed by atoms with Gasteiger partial charge in [-0.05, 0) is 12.5 Å². The van der Waals surface area contributed by atoms with Crippen LogP contribution in [0.4, 0.5) is 11.5 Å².